The molecule has 0 bridgehead atoms. The largest absolute Gasteiger partial charge is 0.397 e. The number of nitrogens with two attached hydrogens (primary N) is 1. The Kier molecular flexibility index (Phi) is 3.14. The van der Waals surface area contributed by atoms with Gasteiger partial charge in [0.2, 0.25) is 0 Å². The molecule has 0 atom stereocenters. The van der Waals surface area contributed by atoms with E-state index in [4.69, 9.17) is 11.0 Å². The number of nitrogen functional groups attached to an aromatic ring is 1. The zero-order valence-electron chi connectivity index (χ0n) is 8.20. The van der Waals surface area contributed by atoms with Crippen molar-refractivity contribution in [3.8, 4) is 6.07 Å². The van der Waals surface area contributed by atoms with E-state index in [1.807, 2.05) is 24.1 Å². The van der Waals surface area contributed by atoms with Crippen LogP contribution in [0.4, 0.5) is 11.4 Å². The van der Waals surface area contributed by atoms with Crippen LogP contribution in [0.3, 0.4) is 0 Å². The van der Waals surface area contributed by atoms with Crippen molar-refractivity contribution >= 4 is 11.4 Å². The highest BCUT2D eigenvalue weighted by Crippen LogP contribution is 2.22. The molecule has 0 saturated carbocycles. The Bertz CT molecular complexity index is 377. The van der Waals surface area contributed by atoms with Crippen LogP contribution in [0.2, 0.25) is 0 Å². The second kappa shape index (κ2) is 4.33. The zero-order valence-corrected chi connectivity index (χ0v) is 8.20. The first kappa shape index (κ1) is 10.1. The van der Waals surface area contributed by atoms with Gasteiger partial charge < -0.3 is 10.6 Å². The molecule has 0 amide bonds. The summed E-state index contributed by atoms with van der Waals surface area (Å²) in [6.07, 6.45) is 1.80. The van der Waals surface area contributed by atoms with E-state index in [1.165, 1.54) is 0 Å². The molecule has 0 heterocycles. The van der Waals surface area contributed by atoms with Gasteiger partial charge >= 0.3 is 0 Å². The molecule has 3 heteroatoms. The van der Waals surface area contributed by atoms with E-state index in [1.54, 1.807) is 18.2 Å². The van der Waals surface area contributed by atoms with Gasteiger partial charge in [0, 0.05) is 13.6 Å². The number of nitriles is 1. The molecular formula is C11H13N3. The van der Waals surface area contributed by atoms with Gasteiger partial charge in [0.05, 0.1) is 23.0 Å². The van der Waals surface area contributed by atoms with E-state index in [2.05, 4.69) is 6.58 Å². The quantitative estimate of drug-likeness (QED) is 0.579. The van der Waals surface area contributed by atoms with E-state index in [0.717, 1.165) is 12.2 Å². The van der Waals surface area contributed by atoms with Crippen LogP contribution in [0.1, 0.15) is 5.56 Å². The van der Waals surface area contributed by atoms with Crippen molar-refractivity contribution in [1.29, 1.82) is 5.26 Å². The molecule has 3 nitrogen and oxygen atoms in total. The summed E-state index contributed by atoms with van der Waals surface area (Å²) in [5, 5.41) is 8.66. The van der Waals surface area contributed by atoms with Crippen LogP contribution in [-0.4, -0.2) is 13.6 Å². The molecule has 1 rings (SSSR count). The van der Waals surface area contributed by atoms with Gasteiger partial charge in [-0.05, 0) is 18.2 Å². The van der Waals surface area contributed by atoms with Gasteiger partial charge in [0.15, 0.2) is 0 Å². The molecular weight excluding hydrogens is 174 g/mol. The summed E-state index contributed by atoms with van der Waals surface area (Å²) in [6, 6.07) is 7.32. The van der Waals surface area contributed by atoms with Gasteiger partial charge in [-0.15, -0.1) is 6.58 Å². The molecule has 1 aromatic rings. The van der Waals surface area contributed by atoms with Gasteiger partial charge in [-0.2, -0.15) is 5.26 Å². The maximum Gasteiger partial charge on any atom is 0.0992 e. The summed E-state index contributed by atoms with van der Waals surface area (Å²) in [4.78, 5) is 1.98. The van der Waals surface area contributed by atoms with Gasteiger partial charge in [-0.1, -0.05) is 6.08 Å². The van der Waals surface area contributed by atoms with Crippen molar-refractivity contribution in [3.05, 3.63) is 36.4 Å². The highest BCUT2D eigenvalue weighted by molar-refractivity contribution is 5.69. The number of benzene rings is 1. The van der Waals surface area contributed by atoms with Crippen molar-refractivity contribution in [2.24, 2.45) is 0 Å². The first-order chi connectivity index (χ1) is 6.69. The molecule has 14 heavy (non-hydrogen) atoms. The maximum absolute atomic E-state index is 8.66. The molecule has 1 aromatic carbocycles. The summed E-state index contributed by atoms with van der Waals surface area (Å²) < 4.78 is 0. The van der Waals surface area contributed by atoms with Crippen LogP contribution < -0.4 is 10.6 Å². The van der Waals surface area contributed by atoms with E-state index >= 15 is 0 Å². The number of anilines is 2. The van der Waals surface area contributed by atoms with Crippen LogP contribution in [0.15, 0.2) is 30.9 Å². The fourth-order valence-electron chi connectivity index (χ4n) is 1.26. The standard InChI is InChI=1S/C11H13N3/c1-3-6-14(2)11-5-4-9(8-12)7-10(11)13/h3-5,7H,1,6,13H2,2H3. The number of likely N-dealkylation sites (N-methyl/N-ethyl adjacent to an activating group) is 1. The summed E-state index contributed by atoms with van der Waals surface area (Å²) >= 11 is 0. The van der Waals surface area contributed by atoms with Crippen molar-refractivity contribution in [1.82, 2.24) is 0 Å². The molecule has 0 aromatic heterocycles. The number of rotatable bonds is 3. The van der Waals surface area contributed by atoms with Crippen molar-refractivity contribution in [3.63, 3.8) is 0 Å². The zero-order chi connectivity index (χ0) is 10.6. The maximum atomic E-state index is 8.66. The van der Waals surface area contributed by atoms with Gasteiger partial charge in [-0.3, -0.25) is 0 Å². The van der Waals surface area contributed by atoms with E-state index in [-0.39, 0.29) is 0 Å². The first-order valence-corrected chi connectivity index (χ1v) is 4.30. The van der Waals surface area contributed by atoms with Crippen LogP contribution >= 0.6 is 0 Å². The molecule has 0 aliphatic carbocycles. The smallest absolute Gasteiger partial charge is 0.0992 e. The Morgan fingerprint density at radius 3 is 2.86 bits per heavy atom. The second-order valence-corrected chi connectivity index (χ2v) is 3.05. The molecule has 0 saturated heterocycles. The molecule has 0 aliphatic rings. The molecule has 72 valence electrons. The van der Waals surface area contributed by atoms with Crippen LogP contribution in [0.25, 0.3) is 0 Å². The summed E-state index contributed by atoms with van der Waals surface area (Å²) in [5.74, 6) is 0. The SMILES string of the molecule is C=CCN(C)c1ccc(C#N)cc1N. The van der Waals surface area contributed by atoms with Crippen LogP contribution in [-0.2, 0) is 0 Å². The highest BCUT2D eigenvalue weighted by atomic mass is 15.1. The summed E-state index contributed by atoms with van der Waals surface area (Å²) in [5.41, 5.74) is 7.92. The lowest BCUT2D eigenvalue weighted by molar-refractivity contribution is 1.03. The lowest BCUT2D eigenvalue weighted by Gasteiger charge is -2.19. The predicted molar refractivity (Wildman–Crippen MR) is 59.0 cm³/mol. The average molecular weight is 187 g/mol. The second-order valence-electron chi connectivity index (χ2n) is 3.05. The van der Waals surface area contributed by atoms with E-state index in [0.29, 0.717) is 11.3 Å². The monoisotopic (exact) mass is 187 g/mol. The molecule has 0 fully saturated rings. The minimum absolute atomic E-state index is 0.582. The van der Waals surface area contributed by atoms with Crippen LogP contribution in [0.5, 0.6) is 0 Å². The number of hydrogen-bond acceptors (Lipinski definition) is 3. The summed E-state index contributed by atoms with van der Waals surface area (Å²) in [7, 11) is 1.93. The fraction of sp³-hybridized carbons (Fsp3) is 0.182. The number of nitrogens with zero attached hydrogens (tertiary/aromatic N) is 2. The Labute approximate surface area is 84.1 Å². The Balaban J connectivity index is 3.00. The molecule has 0 radical (unpaired) electrons. The van der Waals surface area contributed by atoms with Gasteiger partial charge in [0.1, 0.15) is 0 Å². The first-order valence-electron chi connectivity index (χ1n) is 4.30. The third kappa shape index (κ3) is 2.05. The highest BCUT2D eigenvalue weighted by Gasteiger charge is 2.03. The Morgan fingerprint density at radius 2 is 2.36 bits per heavy atom. The molecule has 0 unspecified atom stereocenters. The lowest BCUT2D eigenvalue weighted by Crippen LogP contribution is -2.17. The van der Waals surface area contributed by atoms with Crippen molar-refractivity contribution in [2.75, 3.05) is 24.2 Å². The molecule has 2 N–H and O–H groups in total. The van der Waals surface area contributed by atoms with Crippen molar-refractivity contribution in [2.45, 2.75) is 0 Å². The van der Waals surface area contributed by atoms with E-state index in [9.17, 15) is 0 Å². The van der Waals surface area contributed by atoms with Gasteiger partial charge in [0.25, 0.3) is 0 Å². The Hall–Kier alpha value is -1.95. The van der Waals surface area contributed by atoms with Crippen LogP contribution in [0, 0.1) is 11.3 Å². The lowest BCUT2D eigenvalue weighted by atomic mass is 10.2. The normalized spacial score (nSPS) is 9.14. The Morgan fingerprint density at radius 1 is 1.64 bits per heavy atom. The third-order valence-electron chi connectivity index (χ3n) is 1.97. The molecule has 0 aliphatic heterocycles. The minimum atomic E-state index is 0.582. The third-order valence-corrected chi connectivity index (χ3v) is 1.97. The van der Waals surface area contributed by atoms with Gasteiger partial charge in [-0.25, -0.2) is 0 Å². The topological polar surface area (TPSA) is 53.0 Å². The summed E-state index contributed by atoms with van der Waals surface area (Å²) in [6.45, 7) is 4.39. The van der Waals surface area contributed by atoms with E-state index < -0.39 is 0 Å². The average Bonchev–Trinajstić information content (AvgIpc) is 2.17. The molecule has 0 spiro atoms. The minimum Gasteiger partial charge on any atom is -0.397 e. The predicted octanol–water partition coefficient (Wildman–Crippen LogP) is 1.76. The van der Waals surface area contributed by atoms with Crippen molar-refractivity contribution < 1.29 is 0 Å². The number of hydrogen-bond donors (Lipinski definition) is 1. The fourth-order valence-corrected chi connectivity index (χ4v) is 1.26.